The van der Waals surface area contributed by atoms with E-state index in [4.69, 9.17) is 0 Å². The fraction of sp³-hybridized carbons (Fsp3) is 0.417. The van der Waals surface area contributed by atoms with Gasteiger partial charge in [-0.3, -0.25) is 4.79 Å². The molecule has 0 spiro atoms. The normalized spacial score (nSPS) is 24.4. The minimum Gasteiger partial charge on any atom is -0.294 e. The maximum atomic E-state index is 13.6. The summed E-state index contributed by atoms with van der Waals surface area (Å²) in [7, 11) is 0. The lowest BCUT2D eigenvalue weighted by atomic mass is 9.96. The molecule has 1 fully saturated rings. The number of Topliss-reactive ketones (excluding diaryl/α,β-unsaturated/α-hetero) is 1. The van der Waals surface area contributed by atoms with E-state index in [2.05, 4.69) is 15.9 Å². The summed E-state index contributed by atoms with van der Waals surface area (Å²) in [6.45, 7) is 0. The van der Waals surface area contributed by atoms with Crippen LogP contribution in [0.1, 0.15) is 41.1 Å². The van der Waals surface area contributed by atoms with Gasteiger partial charge in [0.2, 0.25) is 0 Å². The summed E-state index contributed by atoms with van der Waals surface area (Å²) in [6, 6.07) is 3.29. The summed E-state index contributed by atoms with van der Waals surface area (Å²) in [5, 5.41) is 0. The third kappa shape index (κ3) is 1.44. The minimum atomic E-state index is -0.368. The molecule has 0 aliphatic heterocycles. The van der Waals surface area contributed by atoms with Crippen molar-refractivity contribution in [3.05, 3.63) is 33.5 Å². The molecular formula is C12H10BrFO. The third-order valence-corrected chi connectivity index (χ3v) is 3.82. The molecule has 1 nitrogen and oxygen atoms in total. The predicted octanol–water partition coefficient (Wildman–Crippen LogP) is 3.67. The molecule has 0 N–H and O–H groups in total. The second kappa shape index (κ2) is 3.14. The quantitative estimate of drug-likeness (QED) is 0.760. The van der Waals surface area contributed by atoms with E-state index >= 15 is 0 Å². The van der Waals surface area contributed by atoms with Crippen LogP contribution in [0.2, 0.25) is 0 Å². The lowest BCUT2D eigenvalue weighted by molar-refractivity contribution is 0.0983. The molecular weight excluding hydrogens is 259 g/mol. The molecule has 0 radical (unpaired) electrons. The van der Waals surface area contributed by atoms with Gasteiger partial charge < -0.3 is 0 Å². The highest BCUT2D eigenvalue weighted by Gasteiger charge is 2.41. The van der Waals surface area contributed by atoms with Crippen LogP contribution < -0.4 is 0 Å². The minimum absolute atomic E-state index is 0.0214. The van der Waals surface area contributed by atoms with Crippen molar-refractivity contribution in [2.45, 2.75) is 25.2 Å². The van der Waals surface area contributed by atoms with Gasteiger partial charge in [0.1, 0.15) is 5.82 Å². The van der Waals surface area contributed by atoms with E-state index < -0.39 is 0 Å². The van der Waals surface area contributed by atoms with Crippen LogP contribution in [0.15, 0.2) is 16.6 Å². The second-order valence-corrected chi connectivity index (χ2v) is 5.34. The highest BCUT2D eigenvalue weighted by Crippen LogP contribution is 2.50. The molecule has 3 rings (SSSR count). The van der Waals surface area contributed by atoms with Crippen molar-refractivity contribution in [1.29, 1.82) is 0 Å². The lowest BCUT2D eigenvalue weighted by Crippen LogP contribution is -1.96. The Kier molecular flexibility index (Phi) is 2.00. The fourth-order valence-corrected chi connectivity index (χ4v) is 2.96. The Labute approximate surface area is 95.8 Å². The molecule has 1 aromatic carbocycles. The van der Waals surface area contributed by atoms with Crippen molar-refractivity contribution in [3.8, 4) is 0 Å². The van der Waals surface area contributed by atoms with Gasteiger partial charge in [0.25, 0.3) is 0 Å². The summed E-state index contributed by atoms with van der Waals surface area (Å²) in [5.41, 5.74) is 1.27. The maximum absolute atomic E-state index is 13.6. The molecule has 0 aromatic heterocycles. The van der Waals surface area contributed by atoms with E-state index in [9.17, 15) is 9.18 Å². The van der Waals surface area contributed by atoms with Crippen molar-refractivity contribution in [2.75, 3.05) is 0 Å². The smallest absolute Gasteiger partial charge is 0.166 e. The zero-order valence-electron chi connectivity index (χ0n) is 8.09. The summed E-state index contributed by atoms with van der Waals surface area (Å²) in [4.78, 5) is 11.7. The summed E-state index contributed by atoms with van der Waals surface area (Å²) < 4.78 is 14.3. The molecule has 0 heterocycles. The maximum Gasteiger partial charge on any atom is 0.166 e. The monoisotopic (exact) mass is 268 g/mol. The fourth-order valence-electron chi connectivity index (χ4n) is 2.51. The Morgan fingerprint density at radius 3 is 2.73 bits per heavy atom. The number of fused-ring (bicyclic) bond motifs is 1. The van der Waals surface area contributed by atoms with E-state index in [-0.39, 0.29) is 17.5 Å². The number of hydrogen-bond acceptors (Lipinski definition) is 1. The molecule has 2 aliphatic rings. The summed E-state index contributed by atoms with van der Waals surface area (Å²) in [5.74, 6) is 0.503. The van der Waals surface area contributed by atoms with Gasteiger partial charge in [-0.1, -0.05) is 15.9 Å². The molecule has 1 saturated carbocycles. The summed E-state index contributed by atoms with van der Waals surface area (Å²) in [6.07, 6.45) is 2.88. The van der Waals surface area contributed by atoms with E-state index in [1.807, 2.05) is 6.07 Å². The number of carbonyl (C=O) groups is 1. The van der Waals surface area contributed by atoms with Crippen molar-refractivity contribution in [1.82, 2.24) is 0 Å². The van der Waals surface area contributed by atoms with Crippen molar-refractivity contribution >= 4 is 21.7 Å². The largest absolute Gasteiger partial charge is 0.294 e. The predicted molar refractivity (Wildman–Crippen MR) is 58.5 cm³/mol. The SMILES string of the molecule is O=C1CC(C2CC2)c2cc(Br)cc(F)c21. The van der Waals surface area contributed by atoms with Crippen LogP contribution >= 0.6 is 15.9 Å². The Bertz CT molecular complexity index is 451. The van der Waals surface area contributed by atoms with Gasteiger partial charge in [-0.2, -0.15) is 0 Å². The van der Waals surface area contributed by atoms with E-state index in [0.29, 0.717) is 17.9 Å². The van der Waals surface area contributed by atoms with Crippen LogP contribution in [0.4, 0.5) is 4.39 Å². The van der Waals surface area contributed by atoms with Gasteiger partial charge in [0, 0.05) is 10.9 Å². The van der Waals surface area contributed by atoms with Crippen molar-refractivity contribution in [2.24, 2.45) is 5.92 Å². The van der Waals surface area contributed by atoms with Gasteiger partial charge in [-0.15, -0.1) is 0 Å². The third-order valence-electron chi connectivity index (χ3n) is 3.36. The Morgan fingerprint density at radius 1 is 1.33 bits per heavy atom. The Balaban J connectivity index is 2.16. The first-order chi connectivity index (χ1) is 7.16. The van der Waals surface area contributed by atoms with E-state index in [0.717, 1.165) is 10.0 Å². The Hall–Kier alpha value is -0.700. The summed E-state index contributed by atoms with van der Waals surface area (Å²) >= 11 is 3.28. The van der Waals surface area contributed by atoms with Crippen molar-refractivity contribution < 1.29 is 9.18 Å². The van der Waals surface area contributed by atoms with Crippen LogP contribution in [0.5, 0.6) is 0 Å². The molecule has 0 amide bonds. The zero-order valence-corrected chi connectivity index (χ0v) is 9.68. The van der Waals surface area contributed by atoms with Crippen LogP contribution in [-0.4, -0.2) is 5.78 Å². The number of hydrogen-bond donors (Lipinski definition) is 0. The standard InChI is InChI=1S/C12H10BrFO/c13-7-3-9-8(6-1-2-6)5-11(15)12(9)10(14)4-7/h3-4,6,8H,1-2,5H2. The Morgan fingerprint density at radius 2 is 2.07 bits per heavy atom. The topological polar surface area (TPSA) is 17.1 Å². The van der Waals surface area contributed by atoms with Crippen molar-refractivity contribution in [3.63, 3.8) is 0 Å². The zero-order chi connectivity index (χ0) is 10.6. The molecule has 15 heavy (non-hydrogen) atoms. The average Bonchev–Trinajstić information content (AvgIpc) is 2.92. The van der Waals surface area contributed by atoms with Gasteiger partial charge in [-0.25, -0.2) is 4.39 Å². The first-order valence-electron chi connectivity index (χ1n) is 5.19. The number of halogens is 2. The molecule has 0 bridgehead atoms. The van der Waals surface area contributed by atoms with Crippen LogP contribution in [0.3, 0.4) is 0 Å². The van der Waals surface area contributed by atoms with Gasteiger partial charge in [-0.05, 0) is 42.4 Å². The number of carbonyl (C=O) groups excluding carboxylic acids is 1. The number of rotatable bonds is 1. The number of ketones is 1. The molecule has 78 valence electrons. The van der Waals surface area contributed by atoms with E-state index in [1.54, 1.807) is 0 Å². The van der Waals surface area contributed by atoms with Gasteiger partial charge >= 0.3 is 0 Å². The number of benzene rings is 1. The second-order valence-electron chi connectivity index (χ2n) is 4.42. The van der Waals surface area contributed by atoms with Gasteiger partial charge in [0.05, 0.1) is 5.56 Å². The highest BCUT2D eigenvalue weighted by atomic mass is 79.9. The van der Waals surface area contributed by atoms with E-state index in [1.165, 1.54) is 18.9 Å². The van der Waals surface area contributed by atoms with Crippen LogP contribution in [0, 0.1) is 11.7 Å². The van der Waals surface area contributed by atoms with Crippen LogP contribution in [0.25, 0.3) is 0 Å². The first-order valence-corrected chi connectivity index (χ1v) is 5.98. The molecule has 1 aromatic rings. The molecule has 0 saturated heterocycles. The average molecular weight is 269 g/mol. The van der Waals surface area contributed by atoms with Gasteiger partial charge in [0.15, 0.2) is 5.78 Å². The lowest BCUT2D eigenvalue weighted by Gasteiger charge is -2.09. The molecule has 3 heteroatoms. The first kappa shape index (κ1) is 9.52. The molecule has 2 aliphatic carbocycles. The molecule has 1 unspecified atom stereocenters. The highest BCUT2D eigenvalue weighted by molar-refractivity contribution is 9.10. The van der Waals surface area contributed by atoms with Crippen LogP contribution in [-0.2, 0) is 0 Å². The molecule has 1 atom stereocenters.